The van der Waals surface area contributed by atoms with E-state index in [-0.39, 0.29) is 6.04 Å². The Hall–Kier alpha value is -2.65. The van der Waals surface area contributed by atoms with Crippen LogP contribution in [0.25, 0.3) is 17.0 Å². The van der Waals surface area contributed by atoms with Crippen molar-refractivity contribution in [3.05, 3.63) is 36.5 Å². The summed E-state index contributed by atoms with van der Waals surface area (Å²) in [4.78, 5) is 17.1. The molecule has 0 aliphatic carbocycles. The first-order valence-corrected chi connectivity index (χ1v) is 8.07. The van der Waals surface area contributed by atoms with Crippen LogP contribution in [0, 0.1) is 0 Å². The molecule has 9 heteroatoms. The maximum absolute atomic E-state index is 13.8. The standard InChI is InChI=1S/C16H18FN7O/c1-9(25)13-8-24-14(6-21-15(24)7-20-13)11-2-3-19-16(22-11)23-12-5-18-4-10(12)17/h2-3,6-10,12,18,25H,4-5H2,1H3,(H,19,22,23)/t9-,10+,12+/m1/s1. The van der Waals surface area contributed by atoms with Gasteiger partial charge in [-0.2, -0.15) is 0 Å². The third-order valence-electron chi connectivity index (χ3n) is 4.22. The van der Waals surface area contributed by atoms with Crippen molar-refractivity contribution in [1.29, 1.82) is 0 Å². The lowest BCUT2D eigenvalue weighted by Gasteiger charge is -2.14. The average molecular weight is 343 g/mol. The summed E-state index contributed by atoms with van der Waals surface area (Å²) in [7, 11) is 0. The lowest BCUT2D eigenvalue weighted by atomic mass is 10.2. The van der Waals surface area contributed by atoms with Gasteiger partial charge in [0.25, 0.3) is 0 Å². The zero-order valence-electron chi connectivity index (χ0n) is 13.6. The Morgan fingerprint density at radius 3 is 2.96 bits per heavy atom. The van der Waals surface area contributed by atoms with Crippen LogP contribution in [0.2, 0.25) is 0 Å². The first kappa shape index (κ1) is 15.9. The van der Waals surface area contributed by atoms with E-state index in [4.69, 9.17) is 0 Å². The van der Waals surface area contributed by atoms with Gasteiger partial charge < -0.3 is 15.7 Å². The monoisotopic (exact) mass is 343 g/mol. The maximum atomic E-state index is 13.8. The van der Waals surface area contributed by atoms with Gasteiger partial charge in [-0.1, -0.05) is 0 Å². The molecule has 3 atom stereocenters. The molecule has 3 N–H and O–H groups in total. The Bertz CT molecular complexity index is 897. The fourth-order valence-corrected chi connectivity index (χ4v) is 2.83. The van der Waals surface area contributed by atoms with Crippen molar-refractivity contribution in [3.63, 3.8) is 0 Å². The molecule has 0 bridgehead atoms. The molecule has 4 heterocycles. The summed E-state index contributed by atoms with van der Waals surface area (Å²) in [5, 5.41) is 15.8. The number of rotatable bonds is 4. The Kier molecular flexibility index (Phi) is 4.02. The van der Waals surface area contributed by atoms with E-state index in [0.29, 0.717) is 36.1 Å². The molecule has 3 aromatic heterocycles. The maximum Gasteiger partial charge on any atom is 0.223 e. The molecule has 0 amide bonds. The van der Waals surface area contributed by atoms with Crippen LogP contribution >= 0.6 is 0 Å². The second-order valence-corrected chi connectivity index (χ2v) is 6.05. The number of alkyl halides is 1. The van der Waals surface area contributed by atoms with Crippen molar-refractivity contribution in [1.82, 2.24) is 29.7 Å². The summed E-state index contributed by atoms with van der Waals surface area (Å²) < 4.78 is 15.6. The summed E-state index contributed by atoms with van der Waals surface area (Å²) in [5.41, 5.74) is 2.58. The normalized spacial score (nSPS) is 21.6. The number of aliphatic hydroxyl groups excluding tert-OH is 1. The van der Waals surface area contributed by atoms with Gasteiger partial charge in [0.05, 0.1) is 41.6 Å². The minimum Gasteiger partial charge on any atom is -0.387 e. The van der Waals surface area contributed by atoms with Gasteiger partial charge in [0.1, 0.15) is 6.17 Å². The molecule has 3 aromatic rings. The zero-order valence-corrected chi connectivity index (χ0v) is 13.6. The quantitative estimate of drug-likeness (QED) is 0.649. The number of aliphatic hydroxyl groups is 1. The number of aromatic nitrogens is 5. The minimum atomic E-state index is -0.970. The topological polar surface area (TPSA) is 100 Å². The van der Waals surface area contributed by atoms with Gasteiger partial charge in [-0.15, -0.1) is 0 Å². The highest BCUT2D eigenvalue weighted by atomic mass is 19.1. The van der Waals surface area contributed by atoms with Crippen molar-refractivity contribution >= 4 is 11.6 Å². The lowest BCUT2D eigenvalue weighted by Crippen LogP contribution is -2.30. The van der Waals surface area contributed by atoms with E-state index in [1.807, 2.05) is 4.40 Å². The molecular weight excluding hydrogens is 325 g/mol. The fourth-order valence-electron chi connectivity index (χ4n) is 2.83. The minimum absolute atomic E-state index is 0.333. The Balaban J connectivity index is 1.68. The predicted octanol–water partition coefficient (Wildman–Crippen LogP) is 0.961. The number of halogens is 1. The highest BCUT2D eigenvalue weighted by Crippen LogP contribution is 2.21. The number of imidazole rings is 1. The zero-order chi connectivity index (χ0) is 17.4. The van der Waals surface area contributed by atoms with Crippen LogP contribution in [-0.4, -0.2) is 54.7 Å². The molecule has 0 saturated carbocycles. The molecule has 1 saturated heterocycles. The molecule has 8 nitrogen and oxygen atoms in total. The Morgan fingerprint density at radius 2 is 2.20 bits per heavy atom. The van der Waals surface area contributed by atoms with Crippen LogP contribution in [-0.2, 0) is 0 Å². The van der Waals surface area contributed by atoms with E-state index in [9.17, 15) is 9.50 Å². The Morgan fingerprint density at radius 1 is 1.32 bits per heavy atom. The highest BCUT2D eigenvalue weighted by Gasteiger charge is 2.27. The SMILES string of the molecule is C[C@@H](O)c1cn2c(-c3ccnc(N[C@H]4CNC[C@@H]4F)n3)cnc2cn1. The number of fused-ring (bicyclic) bond motifs is 1. The van der Waals surface area contributed by atoms with Gasteiger partial charge in [-0.25, -0.2) is 19.3 Å². The van der Waals surface area contributed by atoms with Crippen LogP contribution in [0.15, 0.2) is 30.9 Å². The largest absolute Gasteiger partial charge is 0.387 e. The van der Waals surface area contributed by atoms with E-state index >= 15 is 0 Å². The first-order chi connectivity index (χ1) is 12.1. The van der Waals surface area contributed by atoms with E-state index in [1.54, 1.807) is 37.8 Å². The molecule has 0 spiro atoms. The van der Waals surface area contributed by atoms with Gasteiger partial charge >= 0.3 is 0 Å². The average Bonchev–Trinajstić information content (AvgIpc) is 3.21. The number of nitrogens with one attached hydrogen (secondary N) is 2. The number of hydrogen-bond donors (Lipinski definition) is 3. The molecule has 1 aliphatic rings. The van der Waals surface area contributed by atoms with Crippen LogP contribution in [0.3, 0.4) is 0 Å². The molecule has 0 unspecified atom stereocenters. The first-order valence-electron chi connectivity index (χ1n) is 8.07. The van der Waals surface area contributed by atoms with E-state index in [2.05, 4.69) is 30.6 Å². The van der Waals surface area contributed by atoms with Crippen LogP contribution in [0.4, 0.5) is 10.3 Å². The number of hydrogen-bond acceptors (Lipinski definition) is 7. The van der Waals surface area contributed by atoms with Crippen molar-refractivity contribution in [2.45, 2.75) is 25.2 Å². The van der Waals surface area contributed by atoms with Crippen molar-refractivity contribution in [3.8, 4) is 11.4 Å². The third kappa shape index (κ3) is 3.03. The number of anilines is 1. The van der Waals surface area contributed by atoms with Crippen LogP contribution < -0.4 is 10.6 Å². The van der Waals surface area contributed by atoms with Crippen molar-refractivity contribution in [2.24, 2.45) is 0 Å². The lowest BCUT2D eigenvalue weighted by molar-refractivity contribution is 0.194. The van der Waals surface area contributed by atoms with Crippen LogP contribution in [0.5, 0.6) is 0 Å². The molecule has 4 rings (SSSR count). The van der Waals surface area contributed by atoms with Gasteiger partial charge in [-0.05, 0) is 13.0 Å². The molecule has 0 radical (unpaired) electrons. The molecule has 1 fully saturated rings. The van der Waals surface area contributed by atoms with Gasteiger partial charge in [0.15, 0.2) is 5.65 Å². The van der Waals surface area contributed by atoms with Gasteiger partial charge in [0.2, 0.25) is 5.95 Å². The summed E-state index contributed by atoms with van der Waals surface area (Å²) in [5.74, 6) is 0.369. The summed E-state index contributed by atoms with van der Waals surface area (Å²) in [6, 6.07) is 1.42. The molecule has 25 heavy (non-hydrogen) atoms. The highest BCUT2D eigenvalue weighted by molar-refractivity contribution is 5.60. The van der Waals surface area contributed by atoms with Gasteiger partial charge in [0, 0.05) is 25.5 Å². The van der Waals surface area contributed by atoms with E-state index < -0.39 is 12.3 Å². The summed E-state index contributed by atoms with van der Waals surface area (Å²) in [6.45, 7) is 2.52. The molecule has 130 valence electrons. The molecule has 0 aromatic carbocycles. The van der Waals surface area contributed by atoms with E-state index in [1.165, 1.54) is 0 Å². The number of nitrogens with zero attached hydrogens (tertiary/aromatic N) is 5. The second-order valence-electron chi connectivity index (χ2n) is 6.05. The smallest absolute Gasteiger partial charge is 0.223 e. The second kappa shape index (κ2) is 6.34. The fraction of sp³-hybridized carbons (Fsp3) is 0.375. The molecule has 1 aliphatic heterocycles. The van der Waals surface area contributed by atoms with Crippen molar-refractivity contribution in [2.75, 3.05) is 18.4 Å². The van der Waals surface area contributed by atoms with Crippen molar-refractivity contribution < 1.29 is 9.50 Å². The van der Waals surface area contributed by atoms with E-state index in [0.717, 1.165) is 5.69 Å². The summed E-state index contributed by atoms with van der Waals surface area (Å²) >= 11 is 0. The summed E-state index contributed by atoms with van der Waals surface area (Å²) in [6.07, 6.45) is 4.99. The third-order valence-corrected chi connectivity index (χ3v) is 4.22. The molecular formula is C16H18FN7O. The van der Waals surface area contributed by atoms with Gasteiger partial charge in [-0.3, -0.25) is 9.38 Å². The predicted molar refractivity (Wildman–Crippen MR) is 89.8 cm³/mol. The Labute approximate surface area is 143 Å². The van der Waals surface area contributed by atoms with Crippen LogP contribution in [0.1, 0.15) is 18.7 Å².